The smallest absolute Gasteiger partial charge is 0.251 e. The number of carbonyl (C=O) groups excluding carboxylic acids is 1. The van der Waals surface area contributed by atoms with Gasteiger partial charge in [-0.15, -0.1) is 0 Å². The number of aryl methyl sites for hydroxylation is 1. The molecular weight excluding hydrogens is 350 g/mol. The summed E-state index contributed by atoms with van der Waals surface area (Å²) in [7, 11) is -3.44. The standard InChI is InChI=1S/C19H25N3O3S/c1-13(2)22-26(24,25)12-16-7-5-4-6-15(16)11-21-19(23)18-10-17(20)9-8-14(18)3/h4-10,13,22H,11-12,20H2,1-3H3,(H,21,23). The molecule has 1 amide bonds. The monoisotopic (exact) mass is 375 g/mol. The van der Waals surface area contributed by atoms with Crippen LogP contribution in [-0.4, -0.2) is 20.4 Å². The predicted octanol–water partition coefficient (Wildman–Crippen LogP) is 2.34. The molecule has 140 valence electrons. The van der Waals surface area contributed by atoms with Gasteiger partial charge in [-0.3, -0.25) is 4.79 Å². The highest BCUT2D eigenvalue weighted by Gasteiger charge is 2.16. The van der Waals surface area contributed by atoms with E-state index in [-0.39, 0.29) is 24.2 Å². The fourth-order valence-corrected chi connectivity index (χ4v) is 4.12. The van der Waals surface area contributed by atoms with Crippen LogP contribution < -0.4 is 15.8 Å². The molecule has 0 heterocycles. The third kappa shape index (κ3) is 5.57. The van der Waals surface area contributed by atoms with Crippen LogP contribution in [0.25, 0.3) is 0 Å². The Kier molecular flexibility index (Phi) is 6.39. The van der Waals surface area contributed by atoms with Gasteiger partial charge in [-0.05, 0) is 49.6 Å². The highest BCUT2D eigenvalue weighted by Crippen LogP contribution is 2.15. The van der Waals surface area contributed by atoms with Crippen molar-refractivity contribution in [1.82, 2.24) is 10.0 Å². The molecule has 0 atom stereocenters. The fourth-order valence-electron chi connectivity index (χ4n) is 2.63. The lowest BCUT2D eigenvalue weighted by Crippen LogP contribution is -2.32. The Morgan fingerprint density at radius 2 is 1.77 bits per heavy atom. The van der Waals surface area contributed by atoms with Gasteiger partial charge >= 0.3 is 0 Å². The summed E-state index contributed by atoms with van der Waals surface area (Å²) < 4.78 is 27.0. The number of hydrogen-bond acceptors (Lipinski definition) is 4. The first kappa shape index (κ1) is 19.9. The highest BCUT2D eigenvalue weighted by atomic mass is 32.2. The second-order valence-corrected chi connectivity index (χ2v) is 8.31. The molecule has 0 aliphatic carbocycles. The third-order valence-corrected chi connectivity index (χ3v) is 5.35. The van der Waals surface area contributed by atoms with Crippen molar-refractivity contribution in [3.63, 3.8) is 0 Å². The van der Waals surface area contributed by atoms with Crippen molar-refractivity contribution in [3.8, 4) is 0 Å². The maximum absolute atomic E-state index is 12.4. The molecule has 2 aromatic rings. The molecule has 0 bridgehead atoms. The Hall–Kier alpha value is -2.38. The number of benzene rings is 2. The molecule has 0 unspecified atom stereocenters. The average Bonchev–Trinajstić information content (AvgIpc) is 2.54. The zero-order chi connectivity index (χ0) is 19.3. The average molecular weight is 375 g/mol. The maximum atomic E-state index is 12.4. The summed E-state index contributed by atoms with van der Waals surface area (Å²) in [6, 6.07) is 12.2. The Labute approximate surface area is 154 Å². The highest BCUT2D eigenvalue weighted by molar-refractivity contribution is 7.88. The molecule has 2 rings (SSSR count). The molecule has 2 aromatic carbocycles. The van der Waals surface area contributed by atoms with Crippen molar-refractivity contribution in [2.75, 3.05) is 5.73 Å². The fraction of sp³-hybridized carbons (Fsp3) is 0.316. The van der Waals surface area contributed by atoms with Crippen molar-refractivity contribution < 1.29 is 13.2 Å². The van der Waals surface area contributed by atoms with Crippen LogP contribution in [0.4, 0.5) is 5.69 Å². The van der Waals surface area contributed by atoms with Crippen molar-refractivity contribution in [3.05, 3.63) is 64.7 Å². The second kappa shape index (κ2) is 8.33. The van der Waals surface area contributed by atoms with Crippen molar-refractivity contribution >= 4 is 21.6 Å². The number of nitrogens with two attached hydrogens (primary N) is 1. The summed E-state index contributed by atoms with van der Waals surface area (Å²) in [4.78, 5) is 12.4. The lowest BCUT2D eigenvalue weighted by atomic mass is 10.1. The second-order valence-electron chi connectivity index (χ2n) is 6.56. The van der Waals surface area contributed by atoms with E-state index in [1.54, 1.807) is 44.2 Å². The lowest BCUT2D eigenvalue weighted by molar-refractivity contribution is 0.0950. The summed E-state index contributed by atoms with van der Waals surface area (Å²) in [5.41, 5.74) is 9.03. The number of amides is 1. The first-order valence-corrected chi connectivity index (χ1v) is 10.0. The Bertz CT molecular complexity index is 893. The van der Waals surface area contributed by atoms with Crippen LogP contribution in [0.5, 0.6) is 0 Å². The van der Waals surface area contributed by atoms with Gasteiger partial charge in [-0.1, -0.05) is 30.3 Å². The maximum Gasteiger partial charge on any atom is 0.251 e. The van der Waals surface area contributed by atoms with Gasteiger partial charge in [0.25, 0.3) is 5.91 Å². The molecule has 0 spiro atoms. The summed E-state index contributed by atoms with van der Waals surface area (Å²) >= 11 is 0. The topological polar surface area (TPSA) is 101 Å². The van der Waals surface area contributed by atoms with Gasteiger partial charge < -0.3 is 11.1 Å². The van der Waals surface area contributed by atoms with Crippen LogP contribution in [0.2, 0.25) is 0 Å². The summed E-state index contributed by atoms with van der Waals surface area (Å²) in [6.45, 7) is 5.63. The van der Waals surface area contributed by atoms with E-state index in [1.807, 2.05) is 19.1 Å². The largest absolute Gasteiger partial charge is 0.399 e. The number of rotatable bonds is 7. The molecule has 0 aromatic heterocycles. The molecule has 0 aliphatic heterocycles. The van der Waals surface area contributed by atoms with Gasteiger partial charge in [0.05, 0.1) is 5.75 Å². The summed E-state index contributed by atoms with van der Waals surface area (Å²) in [6.07, 6.45) is 0. The lowest BCUT2D eigenvalue weighted by Gasteiger charge is -2.14. The summed E-state index contributed by atoms with van der Waals surface area (Å²) in [5.74, 6) is -0.373. The van der Waals surface area contributed by atoms with Crippen molar-refractivity contribution in [2.45, 2.75) is 39.1 Å². The third-order valence-electron chi connectivity index (χ3n) is 3.82. The van der Waals surface area contributed by atoms with Crippen LogP contribution in [0.3, 0.4) is 0 Å². The molecule has 26 heavy (non-hydrogen) atoms. The SMILES string of the molecule is Cc1ccc(N)cc1C(=O)NCc1ccccc1CS(=O)(=O)NC(C)C. The minimum absolute atomic E-state index is 0.130. The van der Waals surface area contributed by atoms with Crippen LogP contribution in [0.15, 0.2) is 42.5 Å². The Morgan fingerprint density at radius 1 is 1.12 bits per heavy atom. The van der Waals surface area contributed by atoms with Crippen molar-refractivity contribution in [2.24, 2.45) is 0 Å². The van der Waals surface area contributed by atoms with Crippen LogP contribution >= 0.6 is 0 Å². The number of nitrogen functional groups attached to an aromatic ring is 1. The predicted molar refractivity (Wildman–Crippen MR) is 104 cm³/mol. The van der Waals surface area contributed by atoms with Crippen LogP contribution in [-0.2, 0) is 22.3 Å². The first-order chi connectivity index (χ1) is 12.2. The molecule has 0 radical (unpaired) electrons. The molecule has 0 fully saturated rings. The van der Waals surface area contributed by atoms with E-state index in [1.165, 1.54) is 0 Å². The van der Waals surface area contributed by atoms with Gasteiger partial charge in [-0.25, -0.2) is 13.1 Å². The zero-order valence-electron chi connectivity index (χ0n) is 15.2. The Morgan fingerprint density at radius 3 is 2.42 bits per heavy atom. The van der Waals surface area contributed by atoms with Crippen LogP contribution in [0.1, 0.15) is 40.9 Å². The minimum atomic E-state index is -3.44. The minimum Gasteiger partial charge on any atom is -0.399 e. The Balaban J connectivity index is 2.13. The van der Waals surface area contributed by atoms with E-state index < -0.39 is 10.0 Å². The van der Waals surface area contributed by atoms with E-state index in [2.05, 4.69) is 10.0 Å². The van der Waals surface area contributed by atoms with Gasteiger partial charge in [-0.2, -0.15) is 0 Å². The summed E-state index contributed by atoms with van der Waals surface area (Å²) in [5, 5.41) is 2.84. The number of carbonyl (C=O) groups is 1. The zero-order valence-corrected chi connectivity index (χ0v) is 16.1. The van der Waals surface area contributed by atoms with Gasteiger partial charge in [0.15, 0.2) is 0 Å². The molecule has 6 nitrogen and oxygen atoms in total. The molecule has 0 saturated carbocycles. The van der Waals surface area contributed by atoms with E-state index in [0.29, 0.717) is 16.8 Å². The van der Waals surface area contributed by atoms with E-state index in [9.17, 15) is 13.2 Å². The number of hydrogen-bond donors (Lipinski definition) is 3. The van der Waals surface area contributed by atoms with Gasteiger partial charge in [0.1, 0.15) is 0 Å². The number of anilines is 1. The quantitative estimate of drug-likeness (QED) is 0.647. The van der Waals surface area contributed by atoms with E-state index in [0.717, 1.165) is 11.1 Å². The molecule has 4 N–H and O–H groups in total. The van der Waals surface area contributed by atoms with Crippen LogP contribution in [0, 0.1) is 6.92 Å². The molecule has 0 saturated heterocycles. The first-order valence-electron chi connectivity index (χ1n) is 8.39. The van der Waals surface area contributed by atoms with E-state index >= 15 is 0 Å². The number of sulfonamides is 1. The van der Waals surface area contributed by atoms with Crippen molar-refractivity contribution in [1.29, 1.82) is 0 Å². The van der Waals surface area contributed by atoms with Gasteiger partial charge in [0.2, 0.25) is 10.0 Å². The number of nitrogens with one attached hydrogen (secondary N) is 2. The molecule has 7 heteroatoms. The molecular formula is C19H25N3O3S. The molecule has 0 aliphatic rings. The van der Waals surface area contributed by atoms with Gasteiger partial charge in [0, 0.05) is 23.8 Å². The normalized spacial score (nSPS) is 11.5. The van der Waals surface area contributed by atoms with E-state index in [4.69, 9.17) is 5.73 Å².